The topological polar surface area (TPSA) is 67.1 Å². The highest BCUT2D eigenvalue weighted by Gasteiger charge is 2.24. The summed E-state index contributed by atoms with van der Waals surface area (Å²) in [6.07, 6.45) is 2.67. The summed E-state index contributed by atoms with van der Waals surface area (Å²) >= 11 is 0. The number of hydrogen-bond acceptors (Lipinski definition) is 6. The minimum Gasteiger partial charge on any atom is -0.337 e. The zero-order valence-electron chi connectivity index (χ0n) is 12.5. The third-order valence-corrected chi connectivity index (χ3v) is 3.98. The van der Waals surface area contributed by atoms with Gasteiger partial charge in [0.2, 0.25) is 11.7 Å². The molecule has 2 aromatic rings. The maximum Gasteiger partial charge on any atom is 0.244 e. The van der Waals surface area contributed by atoms with Gasteiger partial charge in [-0.05, 0) is 25.0 Å². The van der Waals surface area contributed by atoms with Crippen LogP contribution in [0.3, 0.4) is 0 Å². The maximum atomic E-state index is 5.47. The average molecular weight is 287 g/mol. The average Bonchev–Trinajstić information content (AvgIpc) is 3.04. The lowest BCUT2D eigenvalue weighted by Gasteiger charge is -2.30. The van der Waals surface area contributed by atoms with Crippen LogP contribution in [0.4, 0.5) is 0 Å². The molecule has 0 bridgehead atoms. The number of hydrogen-bond donors (Lipinski definition) is 1. The van der Waals surface area contributed by atoms with Crippen molar-refractivity contribution in [1.82, 2.24) is 25.3 Å². The Hall–Kier alpha value is -1.79. The van der Waals surface area contributed by atoms with E-state index in [1.165, 1.54) is 0 Å². The number of aryl methyl sites for hydroxylation is 1. The summed E-state index contributed by atoms with van der Waals surface area (Å²) in [5.74, 6) is 1.25. The first-order valence-corrected chi connectivity index (χ1v) is 7.52. The van der Waals surface area contributed by atoms with Crippen molar-refractivity contribution in [3.8, 4) is 11.5 Å². The van der Waals surface area contributed by atoms with E-state index in [4.69, 9.17) is 4.52 Å². The molecule has 1 N–H and O–H groups in total. The molecule has 3 heterocycles. The highest BCUT2D eigenvalue weighted by atomic mass is 16.5. The summed E-state index contributed by atoms with van der Waals surface area (Å²) in [4.78, 5) is 11.3. The van der Waals surface area contributed by atoms with Crippen LogP contribution in [0, 0.1) is 0 Å². The predicted molar refractivity (Wildman–Crippen MR) is 79.8 cm³/mol. The molecule has 6 nitrogen and oxygen atoms in total. The van der Waals surface area contributed by atoms with E-state index in [0.717, 1.165) is 43.9 Å². The molecule has 1 aliphatic heterocycles. The monoisotopic (exact) mass is 287 g/mol. The number of pyridine rings is 1. The molecular formula is C15H21N5O. The van der Waals surface area contributed by atoms with Crippen LogP contribution in [0.5, 0.6) is 0 Å². The van der Waals surface area contributed by atoms with Crippen molar-refractivity contribution in [1.29, 1.82) is 0 Å². The van der Waals surface area contributed by atoms with Gasteiger partial charge in [-0.3, -0.25) is 9.88 Å². The number of nitrogens with one attached hydrogen (secondary N) is 1. The normalized spacial score (nSPS) is 17.8. The smallest absolute Gasteiger partial charge is 0.244 e. The van der Waals surface area contributed by atoms with Crippen LogP contribution >= 0.6 is 0 Å². The molecule has 6 heteroatoms. The quantitative estimate of drug-likeness (QED) is 0.922. The van der Waals surface area contributed by atoms with Crippen LogP contribution in [0.2, 0.25) is 0 Å². The minimum atomic E-state index is 0.141. The molecule has 3 rings (SSSR count). The van der Waals surface area contributed by atoms with Gasteiger partial charge < -0.3 is 9.84 Å². The van der Waals surface area contributed by atoms with Crippen molar-refractivity contribution in [3.63, 3.8) is 0 Å². The van der Waals surface area contributed by atoms with Gasteiger partial charge in [0, 0.05) is 32.4 Å². The Morgan fingerprint density at radius 3 is 2.95 bits per heavy atom. The fraction of sp³-hybridized carbons (Fsp3) is 0.533. The van der Waals surface area contributed by atoms with Crippen molar-refractivity contribution < 1.29 is 4.52 Å². The molecule has 112 valence electrons. The molecule has 1 aliphatic rings. The second-order valence-corrected chi connectivity index (χ2v) is 5.28. The standard InChI is InChI=1S/C15H21N5O/c1-3-12-5-4-6-17-13(12)14-18-15(21-19-14)11(2)20-9-7-16-8-10-20/h4-6,11,16H,3,7-10H2,1-2H3. The highest BCUT2D eigenvalue weighted by molar-refractivity contribution is 5.53. The van der Waals surface area contributed by atoms with Crippen LogP contribution in [0.1, 0.15) is 31.3 Å². The molecule has 21 heavy (non-hydrogen) atoms. The van der Waals surface area contributed by atoms with Gasteiger partial charge in [0.05, 0.1) is 6.04 Å². The lowest BCUT2D eigenvalue weighted by atomic mass is 10.1. The van der Waals surface area contributed by atoms with Crippen LogP contribution in [-0.2, 0) is 6.42 Å². The Morgan fingerprint density at radius 1 is 1.38 bits per heavy atom. The Kier molecular flexibility index (Phi) is 4.26. The summed E-state index contributed by atoms with van der Waals surface area (Å²) in [6, 6.07) is 4.13. The molecule has 2 aromatic heterocycles. The van der Waals surface area contributed by atoms with E-state index in [1.54, 1.807) is 6.20 Å². The molecule has 1 saturated heterocycles. The van der Waals surface area contributed by atoms with Crippen molar-refractivity contribution >= 4 is 0 Å². The first-order valence-electron chi connectivity index (χ1n) is 7.52. The van der Waals surface area contributed by atoms with Gasteiger partial charge in [-0.25, -0.2) is 0 Å². The lowest BCUT2D eigenvalue weighted by molar-refractivity contribution is 0.154. The number of rotatable bonds is 4. The second kappa shape index (κ2) is 6.32. The van der Waals surface area contributed by atoms with E-state index in [-0.39, 0.29) is 6.04 Å². The van der Waals surface area contributed by atoms with Gasteiger partial charge in [-0.2, -0.15) is 4.98 Å². The van der Waals surface area contributed by atoms with Gasteiger partial charge in [0.15, 0.2) is 0 Å². The molecule has 1 atom stereocenters. The molecule has 0 saturated carbocycles. The molecule has 0 aliphatic carbocycles. The Morgan fingerprint density at radius 2 is 2.19 bits per heavy atom. The Balaban J connectivity index is 1.82. The summed E-state index contributed by atoms with van der Waals surface area (Å²) in [7, 11) is 0. The van der Waals surface area contributed by atoms with Crippen molar-refractivity contribution in [3.05, 3.63) is 29.8 Å². The van der Waals surface area contributed by atoms with Crippen molar-refractivity contribution in [2.24, 2.45) is 0 Å². The number of aromatic nitrogens is 3. The van der Waals surface area contributed by atoms with E-state index in [0.29, 0.717) is 11.7 Å². The zero-order valence-corrected chi connectivity index (χ0v) is 12.5. The zero-order chi connectivity index (χ0) is 14.7. The molecular weight excluding hydrogens is 266 g/mol. The van der Waals surface area contributed by atoms with E-state index in [9.17, 15) is 0 Å². The van der Waals surface area contributed by atoms with Crippen LogP contribution in [-0.4, -0.2) is 46.2 Å². The first kappa shape index (κ1) is 14.2. The number of piperazine rings is 1. The van der Waals surface area contributed by atoms with E-state index in [2.05, 4.69) is 45.3 Å². The predicted octanol–water partition coefficient (Wildman–Crippen LogP) is 1.66. The van der Waals surface area contributed by atoms with Gasteiger partial charge in [0.25, 0.3) is 0 Å². The van der Waals surface area contributed by atoms with Gasteiger partial charge >= 0.3 is 0 Å². The SMILES string of the molecule is CCc1cccnc1-c1noc(C(C)N2CCNCC2)n1. The van der Waals surface area contributed by atoms with Crippen LogP contribution in [0.15, 0.2) is 22.9 Å². The van der Waals surface area contributed by atoms with Gasteiger partial charge in [-0.15, -0.1) is 0 Å². The number of nitrogens with zero attached hydrogens (tertiary/aromatic N) is 4. The fourth-order valence-electron chi connectivity index (χ4n) is 2.65. The minimum absolute atomic E-state index is 0.141. The Bertz CT molecular complexity index is 591. The Labute approximate surface area is 124 Å². The summed E-state index contributed by atoms with van der Waals surface area (Å²) in [5.41, 5.74) is 1.96. The summed E-state index contributed by atoms with van der Waals surface area (Å²) in [5, 5.41) is 7.47. The third-order valence-electron chi connectivity index (χ3n) is 3.98. The maximum absolute atomic E-state index is 5.47. The van der Waals surface area contributed by atoms with Gasteiger partial charge in [0.1, 0.15) is 5.69 Å². The lowest BCUT2D eigenvalue weighted by Crippen LogP contribution is -2.44. The van der Waals surface area contributed by atoms with Crippen molar-refractivity contribution in [2.75, 3.05) is 26.2 Å². The molecule has 1 unspecified atom stereocenters. The van der Waals surface area contributed by atoms with Gasteiger partial charge in [-0.1, -0.05) is 18.1 Å². The fourth-order valence-corrected chi connectivity index (χ4v) is 2.65. The first-order chi connectivity index (χ1) is 10.3. The molecule has 0 amide bonds. The van der Waals surface area contributed by atoms with E-state index >= 15 is 0 Å². The van der Waals surface area contributed by atoms with Crippen LogP contribution < -0.4 is 5.32 Å². The molecule has 0 radical (unpaired) electrons. The second-order valence-electron chi connectivity index (χ2n) is 5.28. The molecule has 0 spiro atoms. The summed E-state index contributed by atoms with van der Waals surface area (Å²) < 4.78 is 5.47. The largest absolute Gasteiger partial charge is 0.337 e. The van der Waals surface area contributed by atoms with E-state index in [1.807, 2.05) is 6.07 Å². The highest BCUT2D eigenvalue weighted by Crippen LogP contribution is 2.23. The third kappa shape index (κ3) is 2.96. The molecule has 1 fully saturated rings. The summed E-state index contributed by atoms with van der Waals surface area (Å²) in [6.45, 7) is 8.23. The molecule has 0 aromatic carbocycles. The van der Waals surface area contributed by atoms with Crippen LogP contribution in [0.25, 0.3) is 11.5 Å². The van der Waals surface area contributed by atoms with Crippen molar-refractivity contribution in [2.45, 2.75) is 26.3 Å². The van der Waals surface area contributed by atoms with E-state index < -0.39 is 0 Å².